The van der Waals surface area contributed by atoms with Crippen LogP contribution in [0.4, 0.5) is 5.69 Å². The van der Waals surface area contributed by atoms with E-state index >= 15 is 0 Å². The largest absolute Gasteiger partial charge is 0.395 e. The highest BCUT2D eigenvalue weighted by molar-refractivity contribution is 5.97. The molecule has 6 heteroatoms. The molecule has 1 aliphatic rings. The molecule has 1 unspecified atom stereocenters. The molecular formula is C13H23N5O. The number of nitrogen functional groups attached to an aromatic ring is 1. The smallest absolute Gasteiger partial charge is 0.276 e. The van der Waals surface area contributed by atoms with Gasteiger partial charge in [-0.1, -0.05) is 6.92 Å². The Morgan fingerprint density at radius 1 is 1.53 bits per heavy atom. The summed E-state index contributed by atoms with van der Waals surface area (Å²) in [5.74, 6) is -0.0590. The number of aromatic nitrogens is 2. The van der Waals surface area contributed by atoms with Gasteiger partial charge in [0, 0.05) is 19.1 Å². The molecule has 0 aliphatic carbocycles. The lowest BCUT2D eigenvalue weighted by Gasteiger charge is -2.27. The van der Waals surface area contributed by atoms with Gasteiger partial charge in [-0.2, -0.15) is 5.10 Å². The van der Waals surface area contributed by atoms with E-state index in [9.17, 15) is 4.79 Å². The number of hydrogen-bond donors (Lipinski definition) is 2. The van der Waals surface area contributed by atoms with Crippen molar-refractivity contribution in [1.29, 1.82) is 0 Å². The topological polar surface area (TPSA) is 78.2 Å². The summed E-state index contributed by atoms with van der Waals surface area (Å²) in [6, 6.07) is 0.182. The van der Waals surface area contributed by atoms with Crippen LogP contribution in [0.2, 0.25) is 0 Å². The van der Waals surface area contributed by atoms with Crippen LogP contribution in [0.5, 0.6) is 0 Å². The maximum absolute atomic E-state index is 12.6. The molecule has 1 fully saturated rings. The molecular weight excluding hydrogens is 242 g/mol. The van der Waals surface area contributed by atoms with Crippen LogP contribution in [-0.2, 0) is 6.42 Å². The molecule has 2 rings (SSSR count). The molecule has 0 bridgehead atoms. The van der Waals surface area contributed by atoms with Crippen LogP contribution in [0.3, 0.4) is 0 Å². The monoisotopic (exact) mass is 265 g/mol. The highest BCUT2D eigenvalue weighted by Gasteiger charge is 2.28. The van der Waals surface area contributed by atoms with Crippen LogP contribution >= 0.6 is 0 Å². The standard InChI is InChI=1S/C13H23N5O/c1-4-10-11(14)12(16-15-10)13(19)18-7-5-6-17(3)8-9(18)2/h9H,4-8,14H2,1-3H3,(H,15,16). The summed E-state index contributed by atoms with van der Waals surface area (Å²) in [5.41, 5.74) is 7.68. The zero-order valence-electron chi connectivity index (χ0n) is 11.9. The van der Waals surface area contributed by atoms with E-state index in [1.165, 1.54) is 0 Å². The van der Waals surface area contributed by atoms with E-state index in [1.54, 1.807) is 0 Å². The van der Waals surface area contributed by atoms with Crippen LogP contribution in [-0.4, -0.2) is 58.6 Å². The summed E-state index contributed by atoms with van der Waals surface area (Å²) in [6.45, 7) is 6.73. The molecule has 1 atom stereocenters. The summed E-state index contributed by atoms with van der Waals surface area (Å²) >= 11 is 0. The number of nitrogens with one attached hydrogen (secondary N) is 1. The van der Waals surface area contributed by atoms with Crippen molar-refractivity contribution in [2.24, 2.45) is 0 Å². The van der Waals surface area contributed by atoms with E-state index in [2.05, 4.69) is 29.1 Å². The van der Waals surface area contributed by atoms with Crippen molar-refractivity contribution in [3.8, 4) is 0 Å². The quantitative estimate of drug-likeness (QED) is 0.826. The normalized spacial score (nSPS) is 21.4. The Morgan fingerprint density at radius 3 is 2.89 bits per heavy atom. The van der Waals surface area contributed by atoms with Crippen molar-refractivity contribution in [1.82, 2.24) is 20.0 Å². The van der Waals surface area contributed by atoms with E-state index in [-0.39, 0.29) is 11.9 Å². The number of H-pyrrole nitrogens is 1. The highest BCUT2D eigenvalue weighted by Crippen LogP contribution is 2.19. The van der Waals surface area contributed by atoms with Crippen LogP contribution < -0.4 is 5.73 Å². The maximum Gasteiger partial charge on any atom is 0.276 e. The van der Waals surface area contributed by atoms with Gasteiger partial charge >= 0.3 is 0 Å². The molecule has 1 aromatic heterocycles. The summed E-state index contributed by atoms with van der Waals surface area (Å²) in [4.78, 5) is 16.7. The van der Waals surface area contributed by atoms with Crippen LogP contribution in [0, 0.1) is 0 Å². The summed E-state index contributed by atoms with van der Waals surface area (Å²) in [6.07, 6.45) is 1.74. The molecule has 1 amide bonds. The number of aryl methyl sites for hydroxylation is 1. The number of amides is 1. The van der Waals surface area contributed by atoms with Gasteiger partial charge in [0.25, 0.3) is 5.91 Å². The summed E-state index contributed by atoms with van der Waals surface area (Å²) < 4.78 is 0. The third kappa shape index (κ3) is 2.73. The van der Waals surface area contributed by atoms with Gasteiger partial charge in [-0.3, -0.25) is 9.89 Å². The summed E-state index contributed by atoms with van der Waals surface area (Å²) in [5, 5.41) is 6.94. The van der Waals surface area contributed by atoms with Crippen LogP contribution in [0.15, 0.2) is 0 Å². The molecule has 0 saturated carbocycles. The minimum Gasteiger partial charge on any atom is -0.395 e. The van der Waals surface area contributed by atoms with E-state index in [0.29, 0.717) is 11.4 Å². The lowest BCUT2D eigenvalue weighted by Crippen LogP contribution is -2.42. The first-order chi connectivity index (χ1) is 9.04. The van der Waals surface area contributed by atoms with Crippen molar-refractivity contribution in [3.05, 3.63) is 11.4 Å². The van der Waals surface area contributed by atoms with E-state index in [4.69, 9.17) is 5.73 Å². The lowest BCUT2D eigenvalue weighted by atomic mass is 10.2. The second kappa shape index (κ2) is 5.61. The molecule has 2 heterocycles. The van der Waals surface area contributed by atoms with Crippen molar-refractivity contribution in [2.75, 3.05) is 32.4 Å². The molecule has 0 aromatic carbocycles. The predicted octanol–water partition coefficient (Wildman–Crippen LogP) is 0.721. The average Bonchev–Trinajstić information content (AvgIpc) is 2.65. The highest BCUT2D eigenvalue weighted by atomic mass is 16.2. The number of aromatic amines is 1. The Morgan fingerprint density at radius 2 is 2.26 bits per heavy atom. The number of nitrogens with zero attached hydrogens (tertiary/aromatic N) is 3. The first-order valence-electron chi connectivity index (χ1n) is 6.86. The molecule has 19 heavy (non-hydrogen) atoms. The Balaban J connectivity index is 2.20. The fourth-order valence-electron chi connectivity index (χ4n) is 2.63. The number of hydrogen-bond acceptors (Lipinski definition) is 4. The average molecular weight is 265 g/mol. The second-order valence-electron chi connectivity index (χ2n) is 5.28. The number of rotatable bonds is 2. The van der Waals surface area contributed by atoms with Gasteiger partial charge in [0.1, 0.15) is 0 Å². The zero-order valence-corrected chi connectivity index (χ0v) is 11.9. The van der Waals surface area contributed by atoms with Gasteiger partial charge in [-0.05, 0) is 33.4 Å². The van der Waals surface area contributed by atoms with Gasteiger partial charge in [0.15, 0.2) is 5.69 Å². The van der Waals surface area contributed by atoms with E-state index in [0.717, 1.165) is 38.2 Å². The third-order valence-corrected chi connectivity index (χ3v) is 3.75. The SMILES string of the molecule is CCc1[nH]nc(C(=O)N2CCCN(C)CC2C)c1N. The molecule has 1 aromatic rings. The molecule has 0 radical (unpaired) electrons. The Hall–Kier alpha value is -1.56. The zero-order chi connectivity index (χ0) is 14.0. The number of carbonyl (C=O) groups is 1. The van der Waals surface area contributed by atoms with Crippen molar-refractivity contribution < 1.29 is 4.79 Å². The molecule has 3 N–H and O–H groups in total. The van der Waals surface area contributed by atoms with Crippen molar-refractivity contribution >= 4 is 11.6 Å². The van der Waals surface area contributed by atoms with Gasteiger partial charge < -0.3 is 15.5 Å². The second-order valence-corrected chi connectivity index (χ2v) is 5.28. The van der Waals surface area contributed by atoms with Gasteiger partial charge in [0.2, 0.25) is 0 Å². The first-order valence-corrected chi connectivity index (χ1v) is 6.86. The lowest BCUT2D eigenvalue weighted by molar-refractivity contribution is 0.0691. The molecule has 1 saturated heterocycles. The fourth-order valence-corrected chi connectivity index (χ4v) is 2.63. The molecule has 0 spiro atoms. The third-order valence-electron chi connectivity index (χ3n) is 3.75. The van der Waals surface area contributed by atoms with Crippen molar-refractivity contribution in [2.45, 2.75) is 32.7 Å². The molecule has 6 nitrogen and oxygen atoms in total. The van der Waals surface area contributed by atoms with Gasteiger partial charge in [-0.15, -0.1) is 0 Å². The maximum atomic E-state index is 12.6. The Bertz CT molecular complexity index is 456. The minimum atomic E-state index is -0.0590. The minimum absolute atomic E-state index is 0.0590. The van der Waals surface area contributed by atoms with Gasteiger partial charge in [-0.25, -0.2) is 0 Å². The predicted molar refractivity (Wildman–Crippen MR) is 75.0 cm³/mol. The van der Waals surface area contributed by atoms with Gasteiger partial charge in [0.05, 0.1) is 11.4 Å². The number of nitrogens with two attached hydrogens (primary N) is 1. The van der Waals surface area contributed by atoms with E-state index in [1.807, 2.05) is 11.8 Å². The first kappa shape index (κ1) is 13.9. The van der Waals surface area contributed by atoms with Crippen molar-refractivity contribution in [3.63, 3.8) is 0 Å². The van der Waals surface area contributed by atoms with Crippen LogP contribution in [0.1, 0.15) is 36.5 Å². The summed E-state index contributed by atoms with van der Waals surface area (Å²) in [7, 11) is 2.09. The molecule has 1 aliphatic heterocycles. The number of likely N-dealkylation sites (N-methyl/N-ethyl adjacent to an activating group) is 1. The number of anilines is 1. The number of carbonyl (C=O) groups excluding carboxylic acids is 1. The van der Waals surface area contributed by atoms with Crippen LogP contribution in [0.25, 0.3) is 0 Å². The van der Waals surface area contributed by atoms with E-state index < -0.39 is 0 Å². The Kier molecular flexibility index (Phi) is 4.09. The molecule has 106 valence electrons. The fraction of sp³-hybridized carbons (Fsp3) is 0.692. The Labute approximate surface area is 113 Å².